The standard InChI is InChI=1S/C18H22N2/c1-6-16(13-12-14(3)4)20-18(19-7-2)17-11-9-8-10-15(17)5/h6-13H,2-3H2,1,4-5H3,(H,19,20)/b13-12-,16-6+. The highest BCUT2D eigenvalue weighted by atomic mass is 15.0. The average molecular weight is 266 g/mol. The third-order valence-corrected chi connectivity index (χ3v) is 2.74. The number of amidine groups is 1. The number of hydrogen-bond donors (Lipinski definition) is 1. The van der Waals surface area contributed by atoms with E-state index in [0.29, 0.717) is 0 Å². The number of rotatable bonds is 5. The molecule has 0 spiro atoms. The minimum atomic E-state index is 0.789. The van der Waals surface area contributed by atoms with Gasteiger partial charge in [-0.2, -0.15) is 0 Å². The summed E-state index contributed by atoms with van der Waals surface area (Å²) in [6.45, 7) is 13.6. The number of hydrogen-bond acceptors (Lipinski definition) is 1. The molecule has 0 heterocycles. The van der Waals surface area contributed by atoms with E-state index in [2.05, 4.69) is 36.5 Å². The number of benzene rings is 1. The van der Waals surface area contributed by atoms with Gasteiger partial charge in [0.1, 0.15) is 5.84 Å². The summed E-state index contributed by atoms with van der Waals surface area (Å²) < 4.78 is 0. The zero-order valence-corrected chi connectivity index (χ0v) is 12.5. The lowest BCUT2D eigenvalue weighted by molar-refractivity contribution is 1.15. The monoisotopic (exact) mass is 266 g/mol. The molecule has 0 aliphatic carbocycles. The van der Waals surface area contributed by atoms with Crippen LogP contribution in [0, 0.1) is 6.92 Å². The Morgan fingerprint density at radius 1 is 1.25 bits per heavy atom. The van der Waals surface area contributed by atoms with Crippen LogP contribution >= 0.6 is 0 Å². The molecule has 0 saturated carbocycles. The second-order valence-corrected chi connectivity index (χ2v) is 4.52. The summed E-state index contributed by atoms with van der Waals surface area (Å²) >= 11 is 0. The fraction of sp³-hybridized carbons (Fsp3) is 0.167. The summed E-state index contributed by atoms with van der Waals surface area (Å²) in [5.74, 6) is 0.789. The molecule has 0 fully saturated rings. The quantitative estimate of drug-likeness (QED) is 0.473. The predicted octanol–water partition coefficient (Wildman–Crippen LogP) is 4.51. The van der Waals surface area contributed by atoms with Crippen molar-refractivity contribution >= 4 is 5.84 Å². The van der Waals surface area contributed by atoms with Gasteiger partial charge in [0.2, 0.25) is 0 Å². The summed E-state index contributed by atoms with van der Waals surface area (Å²) in [4.78, 5) is 4.34. The van der Waals surface area contributed by atoms with E-state index < -0.39 is 0 Å². The number of allylic oxidation sites excluding steroid dienone is 4. The average Bonchev–Trinajstić information content (AvgIpc) is 2.43. The first-order chi connectivity index (χ1) is 9.58. The zero-order valence-electron chi connectivity index (χ0n) is 12.5. The second kappa shape index (κ2) is 7.95. The minimum Gasteiger partial charge on any atom is -0.340 e. The Balaban J connectivity index is 3.05. The summed E-state index contributed by atoms with van der Waals surface area (Å²) in [6.07, 6.45) is 7.49. The maximum atomic E-state index is 4.34. The Bertz CT molecular complexity index is 575. The van der Waals surface area contributed by atoms with Gasteiger partial charge in [0.25, 0.3) is 0 Å². The Morgan fingerprint density at radius 2 is 1.95 bits per heavy atom. The lowest BCUT2D eigenvalue weighted by Gasteiger charge is -2.12. The van der Waals surface area contributed by atoms with Crippen molar-refractivity contribution in [1.82, 2.24) is 5.32 Å². The van der Waals surface area contributed by atoms with Crippen LogP contribution in [0.25, 0.3) is 0 Å². The maximum Gasteiger partial charge on any atom is 0.137 e. The van der Waals surface area contributed by atoms with E-state index in [1.54, 1.807) is 6.20 Å². The molecular formula is C18H22N2. The molecule has 1 aromatic carbocycles. The lowest BCUT2D eigenvalue weighted by Crippen LogP contribution is -2.23. The van der Waals surface area contributed by atoms with Crippen molar-refractivity contribution in [2.24, 2.45) is 4.99 Å². The van der Waals surface area contributed by atoms with Crippen LogP contribution in [0.5, 0.6) is 0 Å². The molecule has 0 amide bonds. The van der Waals surface area contributed by atoms with Crippen molar-refractivity contribution < 1.29 is 0 Å². The number of nitrogens with zero attached hydrogens (tertiary/aromatic N) is 1. The van der Waals surface area contributed by atoms with E-state index in [0.717, 1.165) is 22.7 Å². The first-order valence-electron chi connectivity index (χ1n) is 6.60. The SMILES string of the molecule is C=CN=C(NC(/C=C\C(=C)C)=C/C)c1ccccc1C. The van der Waals surface area contributed by atoms with Crippen LogP contribution in [0.3, 0.4) is 0 Å². The molecule has 1 aromatic rings. The highest BCUT2D eigenvalue weighted by Gasteiger charge is 2.06. The van der Waals surface area contributed by atoms with Gasteiger partial charge in [-0.3, -0.25) is 0 Å². The van der Waals surface area contributed by atoms with Crippen LogP contribution in [-0.2, 0) is 0 Å². The summed E-state index contributed by atoms with van der Waals surface area (Å²) in [6, 6.07) is 8.12. The van der Waals surface area contributed by atoms with Crippen LogP contribution < -0.4 is 5.32 Å². The Hall–Kier alpha value is -2.35. The van der Waals surface area contributed by atoms with Gasteiger partial charge in [0.05, 0.1) is 0 Å². The fourth-order valence-electron chi connectivity index (χ4n) is 1.68. The first kappa shape index (κ1) is 15.7. The molecule has 1 rings (SSSR count). The molecular weight excluding hydrogens is 244 g/mol. The third kappa shape index (κ3) is 4.73. The summed E-state index contributed by atoms with van der Waals surface area (Å²) in [5, 5.41) is 3.33. The van der Waals surface area contributed by atoms with Crippen molar-refractivity contribution in [2.75, 3.05) is 0 Å². The van der Waals surface area contributed by atoms with E-state index in [1.165, 1.54) is 5.56 Å². The van der Waals surface area contributed by atoms with Gasteiger partial charge < -0.3 is 5.32 Å². The molecule has 0 atom stereocenters. The van der Waals surface area contributed by atoms with Crippen molar-refractivity contribution in [3.8, 4) is 0 Å². The molecule has 0 aliphatic rings. The van der Waals surface area contributed by atoms with E-state index in [4.69, 9.17) is 0 Å². The van der Waals surface area contributed by atoms with Gasteiger partial charge in [0.15, 0.2) is 0 Å². The molecule has 2 nitrogen and oxygen atoms in total. The molecule has 1 N–H and O–H groups in total. The van der Waals surface area contributed by atoms with E-state index in [1.807, 2.05) is 50.3 Å². The maximum absolute atomic E-state index is 4.34. The molecule has 0 radical (unpaired) electrons. The number of nitrogens with one attached hydrogen (secondary N) is 1. The summed E-state index contributed by atoms with van der Waals surface area (Å²) in [7, 11) is 0. The normalized spacial score (nSPS) is 12.6. The predicted molar refractivity (Wildman–Crippen MR) is 88.8 cm³/mol. The number of aliphatic imine (C=N–C) groups is 1. The van der Waals surface area contributed by atoms with Crippen LogP contribution in [0.1, 0.15) is 25.0 Å². The lowest BCUT2D eigenvalue weighted by atomic mass is 10.1. The highest BCUT2D eigenvalue weighted by Crippen LogP contribution is 2.09. The Labute approximate surface area is 121 Å². The third-order valence-electron chi connectivity index (χ3n) is 2.74. The molecule has 0 saturated heterocycles. The van der Waals surface area contributed by atoms with Crippen molar-refractivity contribution in [3.05, 3.63) is 84.2 Å². The number of aryl methyl sites for hydroxylation is 1. The zero-order chi connectivity index (χ0) is 15.0. The smallest absolute Gasteiger partial charge is 0.137 e. The minimum absolute atomic E-state index is 0.789. The van der Waals surface area contributed by atoms with Gasteiger partial charge in [-0.15, -0.1) is 0 Å². The van der Waals surface area contributed by atoms with Gasteiger partial charge >= 0.3 is 0 Å². The van der Waals surface area contributed by atoms with Gasteiger partial charge in [0, 0.05) is 17.5 Å². The molecule has 104 valence electrons. The Morgan fingerprint density at radius 3 is 2.50 bits per heavy atom. The molecule has 0 aromatic heterocycles. The van der Waals surface area contributed by atoms with Crippen LogP contribution in [0.15, 0.2) is 78.1 Å². The van der Waals surface area contributed by atoms with E-state index >= 15 is 0 Å². The molecule has 0 bridgehead atoms. The van der Waals surface area contributed by atoms with Crippen molar-refractivity contribution in [3.63, 3.8) is 0 Å². The molecule has 0 unspecified atom stereocenters. The van der Waals surface area contributed by atoms with E-state index in [9.17, 15) is 0 Å². The molecule has 2 heteroatoms. The van der Waals surface area contributed by atoms with E-state index in [-0.39, 0.29) is 0 Å². The van der Waals surface area contributed by atoms with Gasteiger partial charge in [-0.25, -0.2) is 4.99 Å². The second-order valence-electron chi connectivity index (χ2n) is 4.52. The van der Waals surface area contributed by atoms with Crippen LogP contribution in [-0.4, -0.2) is 5.84 Å². The first-order valence-corrected chi connectivity index (χ1v) is 6.60. The van der Waals surface area contributed by atoms with Gasteiger partial charge in [-0.05, 0) is 32.4 Å². The summed E-state index contributed by atoms with van der Waals surface area (Å²) in [5.41, 5.74) is 4.21. The van der Waals surface area contributed by atoms with Crippen molar-refractivity contribution in [1.29, 1.82) is 0 Å². The van der Waals surface area contributed by atoms with Gasteiger partial charge in [-0.1, -0.05) is 55.1 Å². The van der Waals surface area contributed by atoms with Crippen LogP contribution in [0.2, 0.25) is 0 Å². The Kier molecular flexibility index (Phi) is 6.24. The topological polar surface area (TPSA) is 24.4 Å². The highest BCUT2D eigenvalue weighted by molar-refractivity contribution is 6.01. The van der Waals surface area contributed by atoms with Crippen LogP contribution in [0.4, 0.5) is 0 Å². The fourth-order valence-corrected chi connectivity index (χ4v) is 1.68. The van der Waals surface area contributed by atoms with Crippen molar-refractivity contribution in [2.45, 2.75) is 20.8 Å². The molecule has 0 aliphatic heterocycles. The largest absolute Gasteiger partial charge is 0.340 e. The molecule has 20 heavy (non-hydrogen) atoms.